The van der Waals surface area contributed by atoms with Gasteiger partial charge in [-0.05, 0) is 18.4 Å². The summed E-state index contributed by atoms with van der Waals surface area (Å²) in [7, 11) is 0. The fraction of sp³-hybridized carbons (Fsp3) is 0.211. The summed E-state index contributed by atoms with van der Waals surface area (Å²) in [5.74, 6) is -0.281. The standard InChI is InChI=1S/C19H19N3O2S/c1-2-3-4-14-5-7-15(8-6-14)17-13-25-19(20-17)21-18(23)16-9-11-22(24)12-10-16/h5-13H,2-4H2,1H3,(H,20,21,23). The first-order chi connectivity index (χ1) is 12.2. The number of carbonyl (C=O) groups excluding carboxylic acids is 1. The molecule has 0 saturated carbocycles. The van der Waals surface area contributed by atoms with Crippen molar-refractivity contribution in [2.75, 3.05) is 5.32 Å². The number of nitrogens with one attached hydrogen (secondary N) is 1. The van der Waals surface area contributed by atoms with Crippen LogP contribution in [0.3, 0.4) is 0 Å². The van der Waals surface area contributed by atoms with Gasteiger partial charge in [-0.1, -0.05) is 37.6 Å². The van der Waals surface area contributed by atoms with Gasteiger partial charge in [-0.3, -0.25) is 10.1 Å². The third-order valence-electron chi connectivity index (χ3n) is 3.86. The zero-order valence-corrected chi connectivity index (χ0v) is 14.8. The Kier molecular flexibility index (Phi) is 5.40. The van der Waals surface area contributed by atoms with Gasteiger partial charge in [0, 0.05) is 23.1 Å². The molecule has 5 nitrogen and oxygen atoms in total. The Bertz CT molecular complexity index is 842. The molecular formula is C19H19N3O2S. The SMILES string of the molecule is CCCCc1ccc(-c2csc(NC(=O)c3cc[n+]([O-])cc3)n2)cc1. The lowest BCUT2D eigenvalue weighted by atomic mass is 10.1. The molecule has 0 unspecified atom stereocenters. The van der Waals surface area contributed by atoms with Crippen LogP contribution in [0.4, 0.5) is 5.13 Å². The second-order valence-corrected chi connectivity index (χ2v) is 6.60. The van der Waals surface area contributed by atoms with E-state index in [-0.39, 0.29) is 5.91 Å². The van der Waals surface area contributed by atoms with E-state index in [1.807, 2.05) is 5.38 Å². The van der Waals surface area contributed by atoms with Crippen molar-refractivity contribution in [3.63, 3.8) is 0 Å². The minimum absolute atomic E-state index is 0.281. The molecule has 6 heteroatoms. The topological polar surface area (TPSA) is 68.9 Å². The Morgan fingerprint density at radius 1 is 1.20 bits per heavy atom. The molecule has 2 heterocycles. The fourth-order valence-electron chi connectivity index (χ4n) is 2.42. The molecule has 0 bridgehead atoms. The normalized spacial score (nSPS) is 10.6. The highest BCUT2D eigenvalue weighted by atomic mass is 32.1. The van der Waals surface area contributed by atoms with Crippen molar-refractivity contribution >= 4 is 22.4 Å². The minimum atomic E-state index is -0.281. The van der Waals surface area contributed by atoms with E-state index in [1.54, 1.807) is 0 Å². The average Bonchev–Trinajstić information content (AvgIpc) is 3.09. The molecule has 0 aliphatic heterocycles. The van der Waals surface area contributed by atoms with Crippen LogP contribution < -0.4 is 10.0 Å². The van der Waals surface area contributed by atoms with E-state index in [0.717, 1.165) is 17.7 Å². The molecule has 0 spiro atoms. The molecule has 1 N–H and O–H groups in total. The van der Waals surface area contributed by atoms with Gasteiger partial charge in [0.15, 0.2) is 17.5 Å². The summed E-state index contributed by atoms with van der Waals surface area (Å²) in [4.78, 5) is 16.6. The largest absolute Gasteiger partial charge is 0.619 e. The van der Waals surface area contributed by atoms with Crippen LogP contribution in [0.1, 0.15) is 35.7 Å². The number of aromatic nitrogens is 2. The Morgan fingerprint density at radius 2 is 1.92 bits per heavy atom. The Labute approximate surface area is 150 Å². The smallest absolute Gasteiger partial charge is 0.257 e. The van der Waals surface area contributed by atoms with Gasteiger partial charge >= 0.3 is 0 Å². The molecule has 25 heavy (non-hydrogen) atoms. The van der Waals surface area contributed by atoms with Gasteiger partial charge in [0.25, 0.3) is 5.91 Å². The number of benzene rings is 1. The third-order valence-corrected chi connectivity index (χ3v) is 4.62. The quantitative estimate of drug-likeness (QED) is 0.537. The second-order valence-electron chi connectivity index (χ2n) is 5.74. The van der Waals surface area contributed by atoms with Gasteiger partial charge in [0.1, 0.15) is 0 Å². The maximum absolute atomic E-state index is 12.2. The van der Waals surface area contributed by atoms with Gasteiger partial charge in [-0.2, -0.15) is 4.73 Å². The van der Waals surface area contributed by atoms with Crippen LogP contribution in [0, 0.1) is 5.21 Å². The number of hydrogen-bond acceptors (Lipinski definition) is 4. The molecule has 128 valence electrons. The zero-order chi connectivity index (χ0) is 17.6. The predicted octanol–water partition coefficient (Wildman–Crippen LogP) is 4.04. The number of pyridine rings is 1. The molecule has 0 fully saturated rings. The lowest BCUT2D eigenvalue weighted by Crippen LogP contribution is -2.25. The van der Waals surface area contributed by atoms with Crippen molar-refractivity contribution in [1.29, 1.82) is 0 Å². The molecule has 0 saturated heterocycles. The minimum Gasteiger partial charge on any atom is -0.619 e. The first-order valence-electron chi connectivity index (χ1n) is 8.20. The van der Waals surface area contributed by atoms with Crippen molar-refractivity contribution in [2.45, 2.75) is 26.2 Å². The Hall–Kier alpha value is -2.73. The Balaban J connectivity index is 1.67. The van der Waals surface area contributed by atoms with E-state index in [2.05, 4.69) is 41.5 Å². The van der Waals surface area contributed by atoms with Gasteiger partial charge in [-0.25, -0.2) is 4.98 Å². The fourth-order valence-corrected chi connectivity index (χ4v) is 3.13. The predicted molar refractivity (Wildman–Crippen MR) is 99.5 cm³/mol. The van der Waals surface area contributed by atoms with E-state index < -0.39 is 0 Å². The van der Waals surface area contributed by atoms with Crippen LogP contribution in [-0.4, -0.2) is 10.9 Å². The van der Waals surface area contributed by atoms with E-state index in [9.17, 15) is 10.0 Å². The van der Waals surface area contributed by atoms with Crippen molar-refractivity contribution in [3.05, 3.63) is 70.5 Å². The molecule has 0 aliphatic carbocycles. The number of carbonyl (C=O) groups is 1. The summed E-state index contributed by atoms with van der Waals surface area (Å²) in [5, 5.41) is 16.2. The average molecular weight is 353 g/mol. The lowest BCUT2D eigenvalue weighted by molar-refractivity contribution is -0.605. The summed E-state index contributed by atoms with van der Waals surface area (Å²) in [6.45, 7) is 2.19. The number of rotatable bonds is 6. The molecule has 1 amide bonds. The van der Waals surface area contributed by atoms with Gasteiger partial charge in [0.2, 0.25) is 0 Å². The molecule has 0 radical (unpaired) electrons. The highest BCUT2D eigenvalue weighted by Gasteiger charge is 2.11. The first-order valence-corrected chi connectivity index (χ1v) is 9.08. The maximum atomic E-state index is 12.2. The molecule has 3 rings (SSSR count). The molecular weight excluding hydrogens is 334 g/mol. The monoisotopic (exact) mass is 353 g/mol. The number of amides is 1. The summed E-state index contributed by atoms with van der Waals surface area (Å²) in [5.41, 5.74) is 3.62. The van der Waals surface area contributed by atoms with Gasteiger partial charge in [0.05, 0.1) is 11.3 Å². The van der Waals surface area contributed by atoms with Crippen molar-refractivity contribution in [1.82, 2.24) is 4.98 Å². The van der Waals surface area contributed by atoms with Crippen molar-refractivity contribution in [3.8, 4) is 11.3 Å². The van der Waals surface area contributed by atoms with E-state index in [4.69, 9.17) is 0 Å². The molecule has 3 aromatic rings. The summed E-state index contributed by atoms with van der Waals surface area (Å²) >= 11 is 1.38. The highest BCUT2D eigenvalue weighted by molar-refractivity contribution is 7.14. The molecule has 1 aromatic carbocycles. The zero-order valence-electron chi connectivity index (χ0n) is 13.9. The van der Waals surface area contributed by atoms with Gasteiger partial charge in [-0.15, -0.1) is 11.3 Å². The Morgan fingerprint density at radius 3 is 2.60 bits per heavy atom. The van der Waals surface area contributed by atoms with E-state index in [0.29, 0.717) is 15.4 Å². The van der Waals surface area contributed by atoms with Crippen LogP contribution in [-0.2, 0) is 6.42 Å². The highest BCUT2D eigenvalue weighted by Crippen LogP contribution is 2.25. The van der Waals surface area contributed by atoms with Crippen molar-refractivity contribution in [2.24, 2.45) is 0 Å². The van der Waals surface area contributed by atoms with E-state index in [1.165, 1.54) is 54.3 Å². The van der Waals surface area contributed by atoms with Gasteiger partial charge < -0.3 is 5.21 Å². The van der Waals surface area contributed by atoms with E-state index >= 15 is 0 Å². The number of nitrogens with zero attached hydrogens (tertiary/aromatic N) is 2. The number of aryl methyl sites for hydroxylation is 1. The van der Waals surface area contributed by atoms with Crippen LogP contribution in [0.15, 0.2) is 54.2 Å². The second kappa shape index (κ2) is 7.90. The number of anilines is 1. The number of thiazole rings is 1. The molecule has 2 aromatic heterocycles. The summed E-state index contributed by atoms with van der Waals surface area (Å²) < 4.78 is 0.641. The third kappa shape index (κ3) is 4.42. The molecule has 0 atom stereocenters. The van der Waals surface area contributed by atoms with Crippen molar-refractivity contribution < 1.29 is 9.52 Å². The first kappa shape index (κ1) is 17.1. The summed E-state index contributed by atoms with van der Waals surface area (Å²) in [6.07, 6.45) is 6.06. The molecule has 0 aliphatic rings. The van der Waals surface area contributed by atoms with Crippen LogP contribution in [0.25, 0.3) is 11.3 Å². The number of unbranched alkanes of at least 4 members (excludes halogenated alkanes) is 1. The lowest BCUT2D eigenvalue weighted by Gasteiger charge is -2.02. The van der Waals surface area contributed by atoms with Crippen LogP contribution >= 0.6 is 11.3 Å². The summed E-state index contributed by atoms with van der Waals surface area (Å²) in [6, 6.07) is 11.3. The maximum Gasteiger partial charge on any atom is 0.257 e. The van der Waals surface area contributed by atoms with Crippen LogP contribution in [0.2, 0.25) is 0 Å². The number of hydrogen-bond donors (Lipinski definition) is 1. The van der Waals surface area contributed by atoms with Crippen LogP contribution in [0.5, 0.6) is 0 Å².